The average Bonchev–Trinajstić information content (AvgIpc) is 2.33. The monoisotopic (exact) mass is 265 g/mol. The zero-order chi connectivity index (χ0) is 13.0. The molecule has 2 rings (SSSR count). The van der Waals surface area contributed by atoms with Crippen LogP contribution in [0.5, 0.6) is 0 Å². The molecule has 0 saturated carbocycles. The maximum Gasteiger partial charge on any atom is 0.208 e. The standard InChI is InChI=1S/C12H15N3O2S/c1-18(16,17)14-9-8-13-12-7-6-10-4-2-3-5-11(10)15-12/h2-7,14H,8-9H2,1H3,(H,13,15). The number of hydrogen-bond acceptors (Lipinski definition) is 4. The number of aromatic nitrogens is 1. The summed E-state index contributed by atoms with van der Waals surface area (Å²) >= 11 is 0. The number of nitrogens with one attached hydrogen (secondary N) is 2. The maximum absolute atomic E-state index is 10.9. The number of para-hydroxylation sites is 1. The van der Waals surface area contributed by atoms with Gasteiger partial charge in [0.2, 0.25) is 10.0 Å². The fourth-order valence-corrected chi connectivity index (χ4v) is 2.06. The summed E-state index contributed by atoms with van der Waals surface area (Å²) in [5, 5.41) is 4.15. The van der Waals surface area contributed by atoms with Crippen LogP contribution in [0.25, 0.3) is 10.9 Å². The second kappa shape index (κ2) is 5.32. The SMILES string of the molecule is CS(=O)(=O)NCCNc1ccc2ccccc2n1. The summed E-state index contributed by atoms with van der Waals surface area (Å²) in [6.07, 6.45) is 1.14. The first kappa shape index (κ1) is 12.8. The van der Waals surface area contributed by atoms with Crippen LogP contribution < -0.4 is 10.0 Å². The van der Waals surface area contributed by atoms with Gasteiger partial charge in [0.1, 0.15) is 5.82 Å². The number of nitrogens with zero attached hydrogens (tertiary/aromatic N) is 1. The van der Waals surface area contributed by atoms with Crippen molar-refractivity contribution in [3.05, 3.63) is 36.4 Å². The maximum atomic E-state index is 10.9. The zero-order valence-corrected chi connectivity index (χ0v) is 10.9. The molecule has 0 bridgehead atoms. The Morgan fingerprint density at radius 1 is 1.11 bits per heavy atom. The van der Waals surface area contributed by atoms with Crippen molar-refractivity contribution in [2.75, 3.05) is 24.7 Å². The van der Waals surface area contributed by atoms with Crippen molar-refractivity contribution in [1.82, 2.24) is 9.71 Å². The minimum Gasteiger partial charge on any atom is -0.369 e. The Morgan fingerprint density at radius 2 is 1.89 bits per heavy atom. The van der Waals surface area contributed by atoms with Crippen LogP contribution in [0.3, 0.4) is 0 Å². The summed E-state index contributed by atoms with van der Waals surface area (Å²) in [6.45, 7) is 0.839. The van der Waals surface area contributed by atoms with Crippen LogP contribution in [-0.2, 0) is 10.0 Å². The van der Waals surface area contributed by atoms with Gasteiger partial charge in [-0.15, -0.1) is 0 Å². The molecule has 1 heterocycles. The molecule has 96 valence electrons. The van der Waals surface area contributed by atoms with E-state index in [1.54, 1.807) is 0 Å². The first-order valence-electron chi connectivity index (χ1n) is 5.59. The molecule has 0 saturated heterocycles. The summed E-state index contributed by atoms with van der Waals surface area (Å²) in [7, 11) is -3.12. The van der Waals surface area contributed by atoms with E-state index in [1.807, 2.05) is 36.4 Å². The van der Waals surface area contributed by atoms with E-state index < -0.39 is 10.0 Å². The summed E-state index contributed by atoms with van der Waals surface area (Å²) < 4.78 is 24.1. The van der Waals surface area contributed by atoms with Gasteiger partial charge < -0.3 is 5.32 Å². The van der Waals surface area contributed by atoms with E-state index in [9.17, 15) is 8.42 Å². The lowest BCUT2D eigenvalue weighted by Crippen LogP contribution is -2.27. The number of hydrogen-bond donors (Lipinski definition) is 2. The zero-order valence-electron chi connectivity index (χ0n) is 10.1. The van der Waals surface area contributed by atoms with Crippen LogP contribution in [0.4, 0.5) is 5.82 Å². The molecule has 0 aliphatic rings. The van der Waals surface area contributed by atoms with Gasteiger partial charge in [-0.2, -0.15) is 0 Å². The molecule has 0 atom stereocenters. The Balaban J connectivity index is 1.96. The lowest BCUT2D eigenvalue weighted by Gasteiger charge is -2.06. The number of rotatable bonds is 5. The van der Waals surface area contributed by atoms with Gasteiger partial charge in [-0.25, -0.2) is 18.1 Å². The molecule has 18 heavy (non-hydrogen) atoms. The minimum absolute atomic E-state index is 0.341. The van der Waals surface area contributed by atoms with Crippen LogP contribution in [0.2, 0.25) is 0 Å². The van der Waals surface area contributed by atoms with Gasteiger partial charge in [0, 0.05) is 18.5 Å². The molecular weight excluding hydrogens is 250 g/mol. The summed E-state index contributed by atoms with van der Waals surface area (Å²) in [6, 6.07) is 11.7. The third kappa shape index (κ3) is 3.68. The molecule has 5 nitrogen and oxygen atoms in total. The predicted octanol–water partition coefficient (Wildman–Crippen LogP) is 1.20. The van der Waals surface area contributed by atoms with Crippen LogP contribution in [0.1, 0.15) is 0 Å². The van der Waals surface area contributed by atoms with E-state index in [0.717, 1.165) is 23.0 Å². The molecule has 2 aromatic rings. The lowest BCUT2D eigenvalue weighted by molar-refractivity contribution is 0.589. The van der Waals surface area contributed by atoms with E-state index in [4.69, 9.17) is 0 Å². The molecular formula is C12H15N3O2S. The van der Waals surface area contributed by atoms with E-state index in [0.29, 0.717) is 13.1 Å². The van der Waals surface area contributed by atoms with E-state index in [-0.39, 0.29) is 0 Å². The van der Waals surface area contributed by atoms with Crippen LogP contribution in [0.15, 0.2) is 36.4 Å². The van der Waals surface area contributed by atoms with Crippen molar-refractivity contribution in [1.29, 1.82) is 0 Å². The Kier molecular flexibility index (Phi) is 3.78. The van der Waals surface area contributed by atoms with Crippen molar-refractivity contribution in [3.8, 4) is 0 Å². The fraction of sp³-hybridized carbons (Fsp3) is 0.250. The summed E-state index contributed by atoms with van der Waals surface area (Å²) in [5.41, 5.74) is 0.915. The van der Waals surface area contributed by atoms with Gasteiger partial charge in [0.25, 0.3) is 0 Å². The van der Waals surface area contributed by atoms with Crippen molar-refractivity contribution >= 4 is 26.7 Å². The highest BCUT2D eigenvalue weighted by atomic mass is 32.2. The van der Waals surface area contributed by atoms with E-state index in [1.165, 1.54) is 0 Å². The first-order valence-corrected chi connectivity index (χ1v) is 7.48. The van der Waals surface area contributed by atoms with Crippen molar-refractivity contribution in [3.63, 3.8) is 0 Å². The molecule has 0 amide bonds. The van der Waals surface area contributed by atoms with Crippen molar-refractivity contribution < 1.29 is 8.42 Å². The number of anilines is 1. The molecule has 0 spiro atoms. The molecule has 1 aromatic carbocycles. The summed E-state index contributed by atoms with van der Waals surface area (Å²) in [4.78, 5) is 4.42. The molecule has 0 fully saturated rings. The van der Waals surface area contributed by atoms with Crippen LogP contribution >= 0.6 is 0 Å². The van der Waals surface area contributed by atoms with Gasteiger partial charge in [0.15, 0.2) is 0 Å². The first-order chi connectivity index (χ1) is 8.54. The molecule has 0 unspecified atom stereocenters. The molecule has 0 radical (unpaired) electrons. The minimum atomic E-state index is -3.12. The van der Waals surface area contributed by atoms with Crippen LogP contribution in [0, 0.1) is 0 Å². The summed E-state index contributed by atoms with van der Waals surface area (Å²) in [5.74, 6) is 0.740. The van der Waals surface area contributed by atoms with Crippen molar-refractivity contribution in [2.24, 2.45) is 0 Å². The largest absolute Gasteiger partial charge is 0.369 e. The van der Waals surface area contributed by atoms with Gasteiger partial charge in [0.05, 0.1) is 11.8 Å². The second-order valence-electron chi connectivity index (χ2n) is 3.98. The normalized spacial score (nSPS) is 11.6. The Hall–Kier alpha value is -1.66. The highest BCUT2D eigenvalue weighted by Crippen LogP contribution is 2.13. The van der Waals surface area contributed by atoms with Gasteiger partial charge in [-0.1, -0.05) is 18.2 Å². The van der Waals surface area contributed by atoms with E-state index >= 15 is 0 Å². The van der Waals surface area contributed by atoms with E-state index in [2.05, 4.69) is 15.0 Å². The van der Waals surface area contributed by atoms with Gasteiger partial charge >= 0.3 is 0 Å². The number of benzene rings is 1. The Morgan fingerprint density at radius 3 is 2.67 bits per heavy atom. The topological polar surface area (TPSA) is 71.1 Å². The average molecular weight is 265 g/mol. The fourth-order valence-electron chi connectivity index (χ4n) is 1.59. The van der Waals surface area contributed by atoms with Gasteiger partial charge in [-0.05, 0) is 18.2 Å². The number of sulfonamides is 1. The third-order valence-corrected chi connectivity index (χ3v) is 3.12. The smallest absolute Gasteiger partial charge is 0.208 e. The Labute approximate surface area is 106 Å². The Bertz CT molecular complexity index is 641. The molecule has 6 heteroatoms. The number of pyridine rings is 1. The number of fused-ring (bicyclic) bond motifs is 1. The molecule has 0 aliphatic carbocycles. The molecule has 1 aromatic heterocycles. The second-order valence-corrected chi connectivity index (χ2v) is 5.82. The molecule has 0 aliphatic heterocycles. The molecule has 2 N–H and O–H groups in total. The van der Waals surface area contributed by atoms with Crippen molar-refractivity contribution in [2.45, 2.75) is 0 Å². The van der Waals surface area contributed by atoms with Crippen LogP contribution in [-0.4, -0.2) is 32.7 Å². The highest BCUT2D eigenvalue weighted by molar-refractivity contribution is 7.88. The lowest BCUT2D eigenvalue weighted by atomic mass is 10.2. The quantitative estimate of drug-likeness (QED) is 0.797. The van der Waals surface area contributed by atoms with Gasteiger partial charge in [-0.3, -0.25) is 0 Å². The highest BCUT2D eigenvalue weighted by Gasteiger charge is 2.00. The predicted molar refractivity (Wildman–Crippen MR) is 73.1 cm³/mol. The third-order valence-electron chi connectivity index (χ3n) is 2.39.